The molecule has 2 aromatic carbocycles. The molecule has 3 aromatic rings. The number of nitrogens with zero attached hydrogens (tertiary/aromatic N) is 2. The molecule has 166 valence electrons. The SMILES string of the molecule is Cc1ccc(CN(Cc2ccccc2)C(=O)CN(C(=O)c2cc(Cl)cc(Cl)c2)C2CC2)o1. The van der Waals surface area contributed by atoms with Gasteiger partial charge in [0.05, 0.1) is 6.54 Å². The van der Waals surface area contributed by atoms with Crippen molar-refractivity contribution in [3.8, 4) is 0 Å². The highest BCUT2D eigenvalue weighted by molar-refractivity contribution is 6.35. The van der Waals surface area contributed by atoms with E-state index in [0.717, 1.165) is 24.2 Å². The van der Waals surface area contributed by atoms with Crippen LogP contribution in [0.1, 0.15) is 40.3 Å². The van der Waals surface area contributed by atoms with Gasteiger partial charge >= 0.3 is 0 Å². The fraction of sp³-hybridized carbons (Fsp3) is 0.280. The Hall–Kier alpha value is -2.76. The molecule has 4 rings (SSSR count). The molecule has 5 nitrogen and oxygen atoms in total. The molecule has 1 fully saturated rings. The molecule has 7 heteroatoms. The van der Waals surface area contributed by atoms with Crippen molar-refractivity contribution in [3.05, 3.63) is 93.4 Å². The molecule has 1 saturated carbocycles. The van der Waals surface area contributed by atoms with Gasteiger partial charge in [0, 0.05) is 28.2 Å². The zero-order chi connectivity index (χ0) is 22.7. The van der Waals surface area contributed by atoms with Crippen molar-refractivity contribution in [3.63, 3.8) is 0 Å². The number of benzene rings is 2. The first-order valence-electron chi connectivity index (χ1n) is 10.5. The van der Waals surface area contributed by atoms with E-state index < -0.39 is 0 Å². The van der Waals surface area contributed by atoms with Crippen LogP contribution in [0, 0.1) is 6.92 Å². The third-order valence-corrected chi connectivity index (χ3v) is 5.81. The number of amides is 2. The van der Waals surface area contributed by atoms with Crippen LogP contribution in [0.2, 0.25) is 10.0 Å². The van der Waals surface area contributed by atoms with Gasteiger partial charge in [-0.15, -0.1) is 0 Å². The Balaban J connectivity index is 1.54. The largest absolute Gasteiger partial charge is 0.464 e. The number of carbonyl (C=O) groups excluding carboxylic acids is 2. The molecule has 0 radical (unpaired) electrons. The third kappa shape index (κ3) is 5.72. The Morgan fingerprint density at radius 2 is 1.66 bits per heavy atom. The van der Waals surface area contributed by atoms with Crippen LogP contribution >= 0.6 is 23.2 Å². The number of aryl methyl sites for hydroxylation is 1. The quantitative estimate of drug-likeness (QED) is 0.422. The monoisotopic (exact) mass is 470 g/mol. The molecule has 32 heavy (non-hydrogen) atoms. The van der Waals surface area contributed by atoms with Crippen LogP contribution in [-0.4, -0.2) is 34.2 Å². The number of hydrogen-bond donors (Lipinski definition) is 0. The highest BCUT2D eigenvalue weighted by atomic mass is 35.5. The zero-order valence-electron chi connectivity index (χ0n) is 17.8. The van der Waals surface area contributed by atoms with E-state index in [9.17, 15) is 9.59 Å². The van der Waals surface area contributed by atoms with Crippen molar-refractivity contribution >= 4 is 35.0 Å². The van der Waals surface area contributed by atoms with E-state index in [1.54, 1.807) is 28.0 Å². The van der Waals surface area contributed by atoms with Crippen LogP contribution in [0.3, 0.4) is 0 Å². The predicted molar refractivity (Wildman–Crippen MR) is 125 cm³/mol. The normalized spacial score (nSPS) is 13.1. The van der Waals surface area contributed by atoms with E-state index in [2.05, 4.69) is 0 Å². The first-order valence-corrected chi connectivity index (χ1v) is 11.3. The molecular formula is C25H24Cl2N2O3. The first kappa shape index (κ1) is 22.4. The van der Waals surface area contributed by atoms with Crippen molar-refractivity contribution in [2.75, 3.05) is 6.54 Å². The molecular weight excluding hydrogens is 447 g/mol. The predicted octanol–water partition coefficient (Wildman–Crippen LogP) is 5.73. The molecule has 1 aliphatic carbocycles. The maximum absolute atomic E-state index is 13.4. The van der Waals surface area contributed by atoms with E-state index in [1.165, 1.54) is 0 Å². The van der Waals surface area contributed by atoms with Gasteiger partial charge in [0.1, 0.15) is 18.1 Å². The van der Waals surface area contributed by atoms with Crippen molar-refractivity contribution in [2.45, 2.75) is 38.9 Å². The summed E-state index contributed by atoms with van der Waals surface area (Å²) in [6, 6.07) is 18.3. The van der Waals surface area contributed by atoms with Gasteiger partial charge in [0.2, 0.25) is 5.91 Å². The summed E-state index contributed by atoms with van der Waals surface area (Å²) >= 11 is 12.2. The average Bonchev–Trinajstić information content (AvgIpc) is 3.52. The maximum atomic E-state index is 13.4. The summed E-state index contributed by atoms with van der Waals surface area (Å²) in [6.07, 6.45) is 1.76. The van der Waals surface area contributed by atoms with Crippen LogP contribution < -0.4 is 0 Å². The lowest BCUT2D eigenvalue weighted by atomic mass is 10.2. The summed E-state index contributed by atoms with van der Waals surface area (Å²) in [7, 11) is 0. The van der Waals surface area contributed by atoms with E-state index in [-0.39, 0.29) is 24.4 Å². The molecule has 0 unspecified atom stereocenters. The van der Waals surface area contributed by atoms with Crippen molar-refractivity contribution in [2.24, 2.45) is 0 Å². The minimum atomic E-state index is -0.237. The van der Waals surface area contributed by atoms with Crippen molar-refractivity contribution < 1.29 is 14.0 Å². The van der Waals surface area contributed by atoms with E-state index >= 15 is 0 Å². The lowest BCUT2D eigenvalue weighted by molar-refractivity contribution is -0.133. The smallest absolute Gasteiger partial charge is 0.254 e. The van der Waals surface area contributed by atoms with Crippen LogP contribution in [-0.2, 0) is 17.9 Å². The summed E-state index contributed by atoms with van der Waals surface area (Å²) in [5.41, 5.74) is 1.40. The molecule has 0 saturated heterocycles. The van der Waals surface area contributed by atoms with Gasteiger partial charge in [0.25, 0.3) is 5.91 Å². The summed E-state index contributed by atoms with van der Waals surface area (Å²) in [6.45, 7) is 2.61. The second-order valence-corrected chi connectivity index (χ2v) is 8.94. The first-order chi connectivity index (χ1) is 15.4. The molecule has 1 aliphatic rings. The topological polar surface area (TPSA) is 53.8 Å². The van der Waals surface area contributed by atoms with Crippen molar-refractivity contribution in [1.29, 1.82) is 0 Å². The molecule has 0 aliphatic heterocycles. The Kier molecular flexibility index (Phi) is 6.87. The van der Waals surface area contributed by atoms with Gasteiger partial charge in [-0.2, -0.15) is 0 Å². The molecule has 0 bridgehead atoms. The number of furan rings is 1. The lowest BCUT2D eigenvalue weighted by Gasteiger charge is -2.27. The van der Waals surface area contributed by atoms with Crippen LogP contribution in [0.4, 0.5) is 0 Å². The number of halogens is 2. The van der Waals surface area contributed by atoms with Crippen LogP contribution in [0.5, 0.6) is 0 Å². The minimum Gasteiger partial charge on any atom is -0.464 e. The fourth-order valence-electron chi connectivity index (χ4n) is 3.64. The Morgan fingerprint density at radius 3 is 2.25 bits per heavy atom. The number of carbonyl (C=O) groups is 2. The number of hydrogen-bond acceptors (Lipinski definition) is 3. The summed E-state index contributed by atoms with van der Waals surface area (Å²) in [4.78, 5) is 30.0. The Morgan fingerprint density at radius 1 is 0.969 bits per heavy atom. The molecule has 0 atom stereocenters. The lowest BCUT2D eigenvalue weighted by Crippen LogP contribution is -2.43. The van der Waals surface area contributed by atoms with Crippen molar-refractivity contribution in [1.82, 2.24) is 9.80 Å². The molecule has 2 amide bonds. The Bertz CT molecular complexity index is 1090. The van der Waals surface area contributed by atoms with Gasteiger partial charge in [-0.25, -0.2) is 0 Å². The summed E-state index contributed by atoms with van der Waals surface area (Å²) in [5.74, 6) is 1.12. The van der Waals surface area contributed by atoms with Gasteiger partial charge in [-0.05, 0) is 55.7 Å². The van der Waals surface area contributed by atoms with E-state index in [1.807, 2.05) is 49.4 Å². The molecule has 1 aromatic heterocycles. The summed E-state index contributed by atoms with van der Waals surface area (Å²) < 4.78 is 5.71. The molecule has 1 heterocycles. The molecule has 0 spiro atoms. The minimum absolute atomic E-state index is 0.0137. The Labute approximate surface area is 197 Å². The third-order valence-electron chi connectivity index (χ3n) is 5.38. The van der Waals surface area contributed by atoms with E-state index in [4.69, 9.17) is 27.6 Å². The highest BCUT2D eigenvalue weighted by Crippen LogP contribution is 2.30. The van der Waals surface area contributed by atoms with E-state index in [0.29, 0.717) is 34.5 Å². The van der Waals surface area contributed by atoms with Gasteiger partial charge in [-0.1, -0.05) is 53.5 Å². The standard InChI is InChI=1S/C25H24Cl2N2O3/c1-17-7-10-23(32-17)15-28(14-18-5-3-2-4-6-18)24(30)16-29(22-8-9-22)25(31)19-11-20(26)13-21(27)12-19/h2-7,10-13,22H,8-9,14-16H2,1H3. The highest BCUT2D eigenvalue weighted by Gasteiger charge is 2.35. The second-order valence-electron chi connectivity index (χ2n) is 8.07. The zero-order valence-corrected chi connectivity index (χ0v) is 19.3. The maximum Gasteiger partial charge on any atom is 0.254 e. The van der Waals surface area contributed by atoms with Crippen LogP contribution in [0.25, 0.3) is 0 Å². The second kappa shape index (κ2) is 9.80. The van der Waals surface area contributed by atoms with Gasteiger partial charge < -0.3 is 14.2 Å². The number of rotatable bonds is 8. The fourth-order valence-corrected chi connectivity index (χ4v) is 4.16. The average molecular weight is 471 g/mol. The van der Waals surface area contributed by atoms with Gasteiger partial charge in [0.15, 0.2) is 0 Å². The summed E-state index contributed by atoms with van der Waals surface area (Å²) in [5, 5.41) is 0.781. The molecule has 0 N–H and O–H groups in total. The van der Waals surface area contributed by atoms with Gasteiger partial charge in [-0.3, -0.25) is 9.59 Å². The van der Waals surface area contributed by atoms with Crippen LogP contribution in [0.15, 0.2) is 65.1 Å².